The number of aliphatic hydroxyl groups is 1. The molecule has 408 valence electrons. The van der Waals surface area contributed by atoms with E-state index in [9.17, 15) is 32.6 Å². The number of aryl methyl sites for hydroxylation is 1. The lowest BCUT2D eigenvalue weighted by atomic mass is 9.91. The number of likely N-dealkylation sites (tertiary alicyclic amines) is 1. The number of benzene rings is 2. The zero-order chi connectivity index (χ0) is 54.5. The highest BCUT2D eigenvalue weighted by Crippen LogP contribution is 2.36. The molecular weight excluding hydrogens is 1050 g/mol. The number of piperazine rings is 1. The molecule has 0 saturated carbocycles. The number of nitrogens with zero attached hydrogens (tertiary/aromatic N) is 11. The molecule has 5 atom stereocenters. The molecule has 5 aromatic heterocycles. The molecule has 0 bridgehead atoms. The summed E-state index contributed by atoms with van der Waals surface area (Å²) >= 11 is -1.27. The molecule has 4 fully saturated rings. The van der Waals surface area contributed by atoms with E-state index in [1.807, 2.05) is 56.6 Å². The van der Waals surface area contributed by atoms with E-state index in [1.165, 1.54) is 11.1 Å². The average Bonchev–Trinajstić information content (AvgIpc) is 4.30. The highest BCUT2D eigenvalue weighted by atomic mass is 32.2. The first-order valence-corrected chi connectivity index (χ1v) is 27.6. The van der Waals surface area contributed by atoms with Crippen molar-refractivity contribution in [3.8, 4) is 21.6 Å². The molecule has 2 unspecified atom stereocenters. The number of thiazole rings is 1. The second-order valence-electron chi connectivity index (χ2n) is 20.4. The first-order valence-electron chi connectivity index (χ1n) is 25.7. The average molecular weight is 1110 g/mol. The Bertz CT molecular complexity index is 3380. The standard InChI is InChI=1S/C53H56F3N13O7S2/c1-29(2)45(52(73)68-27-37(70)17-42(68)51(72)59-19-31-4-6-32(7-5-31)49-30(3)62-28-77-49)43-18-44(63-76-43)66-25-36(26-66)64-12-14-65(15-13-64)53-60-21-34(22-61-53)33-16-38-39(23-58-50(38)57-20-33)48(71)46-40(55)8-9-41(47(46)56)69(78(74)75)67-11-10-35(54)24-67/h4-9,16,18,20-23,28-29,35-37,42,45,70H,10-15,17,19,24-27H2,1-3H3,(H,57,58)(H,59,72)(H,74,75)/t35-,37-,42+,45?/m1/s1. The number of hydrogen-bond donors (Lipinski definition) is 4. The Kier molecular flexibility index (Phi) is 14.9. The van der Waals surface area contributed by atoms with Gasteiger partial charge in [0.05, 0.1) is 34.3 Å². The summed E-state index contributed by atoms with van der Waals surface area (Å²) in [5, 5.41) is 19.5. The highest BCUT2D eigenvalue weighted by Gasteiger charge is 2.44. The molecule has 0 aliphatic carbocycles. The van der Waals surface area contributed by atoms with Crippen molar-refractivity contribution in [1.82, 2.24) is 50.2 Å². The monoisotopic (exact) mass is 1110 g/mol. The third-order valence-electron chi connectivity index (χ3n) is 15.1. The number of fused-ring (bicyclic) bond motifs is 1. The lowest BCUT2D eigenvalue weighted by molar-refractivity contribution is -0.141. The maximum Gasteiger partial charge on any atom is 0.277 e. The van der Waals surface area contributed by atoms with Gasteiger partial charge in [0.15, 0.2) is 17.4 Å². The lowest BCUT2D eigenvalue weighted by Crippen LogP contribution is -2.63. The number of hydrogen-bond acceptors (Lipinski definition) is 16. The Morgan fingerprint density at radius 2 is 1.67 bits per heavy atom. The Hall–Kier alpha value is -7.16. The number of carbonyl (C=O) groups excluding carboxylic acids is 3. The van der Waals surface area contributed by atoms with Crippen molar-refractivity contribution < 1.29 is 45.9 Å². The van der Waals surface area contributed by atoms with E-state index in [0.717, 1.165) is 51.9 Å². The number of rotatable bonds is 16. The van der Waals surface area contributed by atoms with Crippen molar-refractivity contribution in [2.24, 2.45) is 5.92 Å². The Labute approximate surface area is 452 Å². The van der Waals surface area contributed by atoms with E-state index in [-0.39, 0.29) is 79.4 Å². The van der Waals surface area contributed by atoms with Crippen LogP contribution >= 0.6 is 11.3 Å². The molecule has 11 rings (SSSR count). The van der Waals surface area contributed by atoms with Gasteiger partial charge in [-0.1, -0.05) is 43.3 Å². The molecule has 0 radical (unpaired) electrons. The number of ketones is 1. The van der Waals surface area contributed by atoms with E-state index < -0.39 is 64.2 Å². The molecular formula is C53H56F3N13O7S2. The normalized spacial score (nSPS) is 20.2. The summed E-state index contributed by atoms with van der Waals surface area (Å²) in [6, 6.07) is 12.6. The molecule has 4 saturated heterocycles. The van der Waals surface area contributed by atoms with Crippen LogP contribution in [-0.2, 0) is 27.4 Å². The summed E-state index contributed by atoms with van der Waals surface area (Å²) in [5.41, 5.74) is 4.55. The fourth-order valence-electron chi connectivity index (χ4n) is 10.8. The quantitative estimate of drug-likeness (QED) is 0.0654. The van der Waals surface area contributed by atoms with E-state index in [4.69, 9.17) is 4.52 Å². The molecule has 25 heteroatoms. The molecule has 2 aromatic carbocycles. The second kappa shape index (κ2) is 21.9. The summed E-state index contributed by atoms with van der Waals surface area (Å²) in [4.78, 5) is 71.9. The van der Waals surface area contributed by atoms with Crippen LogP contribution in [0.2, 0.25) is 0 Å². The summed E-state index contributed by atoms with van der Waals surface area (Å²) in [6.07, 6.45) is 4.17. The highest BCUT2D eigenvalue weighted by molar-refractivity contribution is 7.80. The van der Waals surface area contributed by atoms with Gasteiger partial charge in [0.2, 0.25) is 23.5 Å². The van der Waals surface area contributed by atoms with Crippen molar-refractivity contribution in [3.63, 3.8) is 0 Å². The van der Waals surface area contributed by atoms with E-state index in [0.29, 0.717) is 59.2 Å². The Balaban J connectivity index is 0.681. The Morgan fingerprint density at radius 1 is 0.923 bits per heavy atom. The summed E-state index contributed by atoms with van der Waals surface area (Å²) in [5.74, 6) is -3.55. The van der Waals surface area contributed by atoms with E-state index in [2.05, 4.69) is 50.1 Å². The number of carbonyl (C=O) groups is 3. The lowest BCUT2D eigenvalue weighted by Gasteiger charge is -2.48. The molecule has 0 spiro atoms. The SMILES string of the molecule is Cc1ncsc1-c1ccc(CNC(=O)[C@@H]2C[C@@H](O)CN2C(=O)C(c2cc(N3CC(N4CCN(c5ncc(-c6cnc7[nH]cc(C(=O)c8c(F)ccc(N(N9CC[C@@H](F)C9)S(=O)O)c8F)c7c6)cn5)CC4)C3)no2)C(C)C)cc1. The van der Waals surface area contributed by atoms with Crippen molar-refractivity contribution in [3.05, 3.63) is 119 Å². The van der Waals surface area contributed by atoms with Crippen LogP contribution in [0.15, 0.2) is 83.4 Å². The van der Waals surface area contributed by atoms with Crippen LogP contribution in [0, 0.1) is 24.5 Å². The van der Waals surface area contributed by atoms with Gasteiger partial charge in [0, 0.05) is 124 Å². The number of aromatic nitrogens is 6. The van der Waals surface area contributed by atoms with E-state index >= 15 is 8.78 Å². The zero-order valence-electron chi connectivity index (χ0n) is 42.8. The third-order valence-corrected chi connectivity index (χ3v) is 16.8. The number of hydrazine groups is 1. The minimum Gasteiger partial charge on any atom is -0.391 e. The van der Waals surface area contributed by atoms with Crippen LogP contribution in [0.5, 0.6) is 0 Å². The summed E-state index contributed by atoms with van der Waals surface area (Å²) < 4.78 is 74.3. The molecule has 9 heterocycles. The Morgan fingerprint density at radius 3 is 2.35 bits per heavy atom. The smallest absolute Gasteiger partial charge is 0.277 e. The zero-order valence-corrected chi connectivity index (χ0v) is 44.4. The first kappa shape index (κ1) is 52.9. The van der Waals surface area contributed by atoms with Gasteiger partial charge < -0.3 is 34.6 Å². The van der Waals surface area contributed by atoms with Crippen LogP contribution in [0.4, 0.5) is 30.6 Å². The first-order chi connectivity index (χ1) is 37.6. The maximum absolute atomic E-state index is 16.1. The molecule has 4 N–H and O–H groups in total. The largest absolute Gasteiger partial charge is 0.391 e. The molecule has 2 amide bonds. The van der Waals surface area contributed by atoms with Crippen molar-refractivity contribution >= 4 is 68.7 Å². The number of aliphatic hydroxyl groups excluding tert-OH is 1. The maximum atomic E-state index is 16.1. The van der Waals surface area contributed by atoms with Crippen molar-refractivity contribution in [2.75, 3.05) is 73.1 Å². The number of amides is 2. The van der Waals surface area contributed by atoms with Crippen LogP contribution in [0.3, 0.4) is 0 Å². The van der Waals surface area contributed by atoms with Crippen molar-refractivity contribution in [2.45, 2.75) is 70.4 Å². The third kappa shape index (κ3) is 10.4. The van der Waals surface area contributed by atoms with Crippen LogP contribution in [-0.4, -0.2) is 160 Å². The summed E-state index contributed by atoms with van der Waals surface area (Å²) in [7, 11) is 0. The minimum absolute atomic E-state index is 0.0155. The number of halogens is 3. The van der Waals surface area contributed by atoms with Gasteiger partial charge in [-0.25, -0.2) is 42.3 Å². The van der Waals surface area contributed by atoms with Crippen LogP contribution in [0.1, 0.15) is 65.5 Å². The predicted molar refractivity (Wildman–Crippen MR) is 285 cm³/mol. The topological polar surface area (TPSA) is 234 Å². The number of alkyl halides is 1. The van der Waals surface area contributed by atoms with Gasteiger partial charge in [-0.05, 0) is 48.6 Å². The minimum atomic E-state index is -2.85. The van der Waals surface area contributed by atoms with Crippen molar-refractivity contribution in [1.29, 1.82) is 0 Å². The van der Waals surface area contributed by atoms with Gasteiger partial charge >= 0.3 is 0 Å². The molecule has 78 heavy (non-hydrogen) atoms. The number of anilines is 3. The molecule has 4 aliphatic heterocycles. The number of pyridine rings is 1. The summed E-state index contributed by atoms with van der Waals surface area (Å²) in [6.45, 7) is 10.1. The number of aromatic amines is 1. The molecule has 20 nitrogen and oxygen atoms in total. The van der Waals surface area contributed by atoms with Crippen LogP contribution < -0.4 is 19.5 Å². The van der Waals surface area contributed by atoms with Gasteiger partial charge in [0.1, 0.15) is 35.3 Å². The predicted octanol–water partition coefficient (Wildman–Crippen LogP) is 5.88. The van der Waals surface area contributed by atoms with Gasteiger partial charge in [-0.2, -0.15) is 4.41 Å². The number of nitrogens with one attached hydrogen (secondary N) is 2. The number of H-pyrrole nitrogens is 1. The second-order valence-corrected chi connectivity index (χ2v) is 22.1. The molecule has 4 aliphatic rings. The van der Waals surface area contributed by atoms with Gasteiger partial charge in [-0.15, -0.1) is 11.3 Å². The fraction of sp³-hybridized carbons (Fsp3) is 0.396. The van der Waals surface area contributed by atoms with Gasteiger partial charge in [-0.3, -0.25) is 23.8 Å². The van der Waals surface area contributed by atoms with Crippen LogP contribution in [0.25, 0.3) is 32.6 Å². The fourth-order valence-corrected chi connectivity index (χ4v) is 12.3. The van der Waals surface area contributed by atoms with Gasteiger partial charge in [0.25, 0.3) is 11.3 Å². The number of β-amino-alcohol motifs (C(OH)–C–C–N with tert-alkyl or cyclic N) is 1. The van der Waals surface area contributed by atoms with E-state index in [1.54, 1.807) is 36.0 Å². The molecule has 7 aromatic rings.